The molecular formula is C11H4F5NO2. The number of allylic oxidation sites excluding steroid dienone is 2. The summed E-state index contributed by atoms with van der Waals surface area (Å²) in [5.74, 6) is -14.5. The van der Waals surface area contributed by atoms with Gasteiger partial charge in [-0.25, -0.2) is 22.0 Å². The van der Waals surface area contributed by atoms with Crippen molar-refractivity contribution >= 4 is 5.78 Å². The van der Waals surface area contributed by atoms with Gasteiger partial charge in [0.05, 0.1) is 0 Å². The number of rotatable bonds is 2. The van der Waals surface area contributed by atoms with E-state index in [-0.39, 0.29) is 0 Å². The Labute approximate surface area is 103 Å². The molecule has 0 aliphatic rings. The van der Waals surface area contributed by atoms with Crippen molar-refractivity contribution in [1.82, 2.24) is 0 Å². The largest absolute Gasteiger partial charge is 0.511 e. The number of hydrogen-bond acceptors (Lipinski definition) is 3. The molecule has 0 aliphatic heterocycles. The van der Waals surface area contributed by atoms with Crippen LogP contribution in [0, 0.1) is 40.4 Å². The van der Waals surface area contributed by atoms with E-state index in [1.807, 2.05) is 0 Å². The number of halogens is 5. The molecule has 0 aromatic heterocycles. The second-order valence-electron chi connectivity index (χ2n) is 3.35. The summed E-state index contributed by atoms with van der Waals surface area (Å²) in [5, 5.41) is 17.5. The smallest absolute Gasteiger partial charge is 0.213 e. The normalized spacial score (nSPS) is 11.8. The van der Waals surface area contributed by atoms with Gasteiger partial charge in [-0.1, -0.05) is 0 Å². The average Bonchev–Trinajstić information content (AvgIpc) is 2.34. The standard InChI is InChI=1S/C11H4F5NO2/c1-3(18)4(2-17)11(19)5-6(12)8(14)10(16)9(15)7(5)13/h18H,1H3/b4-3-. The molecule has 1 rings (SSSR count). The molecule has 0 aliphatic carbocycles. The summed E-state index contributed by atoms with van der Waals surface area (Å²) in [4.78, 5) is 11.5. The van der Waals surface area contributed by atoms with Crippen molar-refractivity contribution in [2.45, 2.75) is 6.92 Å². The van der Waals surface area contributed by atoms with E-state index < -0.39 is 51.8 Å². The number of hydrogen-bond donors (Lipinski definition) is 1. The maximum Gasteiger partial charge on any atom is 0.213 e. The lowest BCUT2D eigenvalue weighted by Crippen LogP contribution is -2.15. The van der Waals surface area contributed by atoms with E-state index in [0.717, 1.165) is 13.0 Å². The lowest BCUT2D eigenvalue weighted by atomic mass is 10.0. The van der Waals surface area contributed by atoms with Gasteiger partial charge in [-0.2, -0.15) is 5.26 Å². The van der Waals surface area contributed by atoms with Gasteiger partial charge < -0.3 is 5.11 Å². The van der Waals surface area contributed by atoms with Crippen molar-refractivity contribution in [3.05, 3.63) is 46.0 Å². The molecule has 1 N–H and O–H groups in total. The summed E-state index contributed by atoms with van der Waals surface area (Å²) in [6, 6.07) is 1.12. The van der Waals surface area contributed by atoms with E-state index in [1.165, 1.54) is 0 Å². The Morgan fingerprint density at radius 2 is 1.37 bits per heavy atom. The van der Waals surface area contributed by atoms with Crippen LogP contribution < -0.4 is 0 Å². The number of aliphatic hydroxyl groups is 1. The van der Waals surface area contributed by atoms with Gasteiger partial charge in [-0.3, -0.25) is 4.79 Å². The van der Waals surface area contributed by atoms with Crippen molar-refractivity contribution in [2.24, 2.45) is 0 Å². The van der Waals surface area contributed by atoms with Crippen LogP contribution in [0.1, 0.15) is 17.3 Å². The van der Waals surface area contributed by atoms with Crippen LogP contribution in [0.3, 0.4) is 0 Å². The fraction of sp³-hybridized carbons (Fsp3) is 0.0909. The number of carbonyl (C=O) groups excluding carboxylic acids is 1. The predicted molar refractivity (Wildman–Crippen MR) is 51.5 cm³/mol. The Balaban J connectivity index is 3.68. The Kier molecular flexibility index (Phi) is 3.89. The number of aliphatic hydroxyl groups excluding tert-OH is 1. The Hall–Kier alpha value is -2.43. The van der Waals surface area contributed by atoms with Gasteiger partial charge in [0.1, 0.15) is 23.0 Å². The van der Waals surface area contributed by atoms with Gasteiger partial charge in [0.15, 0.2) is 23.3 Å². The van der Waals surface area contributed by atoms with Crippen molar-refractivity contribution in [3.63, 3.8) is 0 Å². The third-order valence-corrected chi connectivity index (χ3v) is 2.14. The Morgan fingerprint density at radius 1 is 1.00 bits per heavy atom. The molecule has 0 amide bonds. The van der Waals surface area contributed by atoms with Crippen LogP contribution in [0.2, 0.25) is 0 Å². The van der Waals surface area contributed by atoms with Crippen LogP contribution in [0.4, 0.5) is 22.0 Å². The fourth-order valence-corrected chi connectivity index (χ4v) is 1.23. The number of ketones is 1. The molecule has 0 radical (unpaired) electrons. The van der Waals surface area contributed by atoms with Gasteiger partial charge in [-0.05, 0) is 6.92 Å². The molecule has 0 spiro atoms. The molecule has 0 unspecified atom stereocenters. The maximum atomic E-state index is 13.3. The first-order valence-corrected chi connectivity index (χ1v) is 4.60. The monoisotopic (exact) mass is 277 g/mol. The summed E-state index contributed by atoms with van der Waals surface area (Å²) in [5.41, 5.74) is -2.91. The lowest BCUT2D eigenvalue weighted by molar-refractivity contribution is 0.102. The summed E-state index contributed by atoms with van der Waals surface area (Å²) in [6.45, 7) is 0.850. The third kappa shape index (κ3) is 2.27. The number of benzene rings is 1. The first-order valence-electron chi connectivity index (χ1n) is 4.60. The van der Waals surface area contributed by atoms with Crippen LogP contribution in [0.25, 0.3) is 0 Å². The second-order valence-corrected chi connectivity index (χ2v) is 3.35. The topological polar surface area (TPSA) is 61.1 Å². The van der Waals surface area contributed by atoms with Crippen LogP contribution in [0.5, 0.6) is 0 Å². The van der Waals surface area contributed by atoms with Crippen LogP contribution in [0.15, 0.2) is 11.3 Å². The zero-order chi connectivity index (χ0) is 14.9. The highest BCUT2D eigenvalue weighted by molar-refractivity contribution is 6.11. The van der Waals surface area contributed by atoms with Gasteiger partial charge in [0, 0.05) is 0 Å². The molecule has 8 heteroatoms. The van der Waals surface area contributed by atoms with Crippen molar-refractivity contribution in [2.75, 3.05) is 0 Å². The fourth-order valence-electron chi connectivity index (χ4n) is 1.23. The number of carbonyl (C=O) groups is 1. The van der Waals surface area contributed by atoms with Gasteiger partial charge >= 0.3 is 0 Å². The average molecular weight is 277 g/mol. The van der Waals surface area contributed by atoms with E-state index in [0.29, 0.717) is 0 Å². The summed E-state index contributed by atoms with van der Waals surface area (Å²) in [6.07, 6.45) is 0. The molecule has 1 aromatic carbocycles. The molecule has 0 heterocycles. The second kappa shape index (κ2) is 5.06. The number of nitriles is 1. The molecule has 0 saturated carbocycles. The third-order valence-electron chi connectivity index (χ3n) is 2.14. The number of nitrogens with zero attached hydrogens (tertiary/aromatic N) is 1. The van der Waals surface area contributed by atoms with Crippen molar-refractivity contribution < 1.29 is 31.9 Å². The SMILES string of the molecule is C/C(O)=C(\C#N)C(=O)c1c(F)c(F)c(F)c(F)c1F. The van der Waals surface area contributed by atoms with E-state index in [9.17, 15) is 26.7 Å². The summed E-state index contributed by atoms with van der Waals surface area (Å²) in [7, 11) is 0. The summed E-state index contributed by atoms with van der Waals surface area (Å²) >= 11 is 0. The highest BCUT2D eigenvalue weighted by Crippen LogP contribution is 2.25. The molecule has 100 valence electrons. The molecule has 0 fully saturated rings. The van der Waals surface area contributed by atoms with Gasteiger partial charge in [-0.15, -0.1) is 0 Å². The van der Waals surface area contributed by atoms with E-state index in [1.54, 1.807) is 0 Å². The van der Waals surface area contributed by atoms with E-state index in [4.69, 9.17) is 10.4 Å². The molecule has 1 aromatic rings. The van der Waals surface area contributed by atoms with Crippen LogP contribution in [-0.4, -0.2) is 10.9 Å². The Morgan fingerprint density at radius 3 is 1.68 bits per heavy atom. The van der Waals surface area contributed by atoms with Gasteiger partial charge in [0.25, 0.3) is 0 Å². The molecule has 0 bridgehead atoms. The summed E-state index contributed by atoms with van der Waals surface area (Å²) < 4.78 is 65.0. The molecule has 3 nitrogen and oxygen atoms in total. The van der Waals surface area contributed by atoms with Crippen molar-refractivity contribution in [1.29, 1.82) is 5.26 Å². The first kappa shape index (κ1) is 14.6. The molecule has 19 heavy (non-hydrogen) atoms. The molecular weight excluding hydrogens is 273 g/mol. The molecule has 0 saturated heterocycles. The zero-order valence-electron chi connectivity index (χ0n) is 9.19. The highest BCUT2D eigenvalue weighted by atomic mass is 19.2. The zero-order valence-corrected chi connectivity index (χ0v) is 9.19. The van der Waals surface area contributed by atoms with E-state index in [2.05, 4.69) is 0 Å². The minimum atomic E-state index is -2.42. The lowest BCUT2D eigenvalue weighted by Gasteiger charge is -2.06. The maximum absolute atomic E-state index is 13.3. The minimum Gasteiger partial charge on any atom is -0.511 e. The molecule has 0 atom stereocenters. The Bertz CT molecular complexity index is 612. The predicted octanol–water partition coefficient (Wildman–Crippen LogP) is 2.92. The van der Waals surface area contributed by atoms with Crippen LogP contribution in [-0.2, 0) is 0 Å². The minimum absolute atomic E-state index is 0.850. The van der Waals surface area contributed by atoms with E-state index >= 15 is 0 Å². The van der Waals surface area contributed by atoms with Crippen molar-refractivity contribution in [3.8, 4) is 6.07 Å². The first-order chi connectivity index (χ1) is 8.73. The highest BCUT2D eigenvalue weighted by Gasteiger charge is 2.31. The quantitative estimate of drug-likeness (QED) is 0.172. The number of Topliss-reactive ketones (excluding diaryl/α,β-unsaturated/α-hetero) is 1. The van der Waals surface area contributed by atoms with Gasteiger partial charge in [0.2, 0.25) is 11.6 Å². The van der Waals surface area contributed by atoms with Crippen LogP contribution >= 0.6 is 0 Å².